The molecule has 0 saturated heterocycles. The number of benzene rings is 2. The molecule has 0 N–H and O–H groups in total. The van der Waals surface area contributed by atoms with Crippen LogP contribution in [0, 0.1) is 11.7 Å². The summed E-state index contributed by atoms with van der Waals surface area (Å²) in [6.07, 6.45) is 13.9. The molecular weight excluding hydrogens is 383 g/mol. The monoisotopic (exact) mass is 424 g/mol. The summed E-state index contributed by atoms with van der Waals surface area (Å²) >= 11 is 0. The highest BCUT2D eigenvalue weighted by Crippen LogP contribution is 2.38. The highest BCUT2D eigenvalue weighted by atomic mass is 19.1. The van der Waals surface area contributed by atoms with Gasteiger partial charge in [0.2, 0.25) is 0 Å². The Bertz CT molecular complexity index is 774. The molecule has 1 saturated carbocycles. The van der Waals surface area contributed by atoms with E-state index in [2.05, 4.69) is 38.1 Å². The highest BCUT2D eigenvalue weighted by Gasteiger charge is 2.21. The number of hydrogen-bond acceptors (Lipinski definition) is 1. The van der Waals surface area contributed by atoms with Gasteiger partial charge in [-0.05, 0) is 86.1 Å². The Morgan fingerprint density at radius 1 is 0.871 bits per heavy atom. The number of halogens is 1. The molecule has 2 aromatic rings. The summed E-state index contributed by atoms with van der Waals surface area (Å²) in [5.41, 5.74) is 3.43. The van der Waals surface area contributed by atoms with E-state index in [1.165, 1.54) is 63.4 Å². The number of rotatable bonds is 11. The van der Waals surface area contributed by atoms with E-state index >= 15 is 0 Å². The topological polar surface area (TPSA) is 9.23 Å². The number of ether oxygens (including phenoxy) is 1. The van der Waals surface area contributed by atoms with Crippen LogP contribution in [-0.2, 0) is 0 Å². The van der Waals surface area contributed by atoms with Crippen molar-refractivity contribution in [3.8, 4) is 16.9 Å². The molecule has 0 unspecified atom stereocenters. The van der Waals surface area contributed by atoms with Gasteiger partial charge in [0, 0.05) is 0 Å². The van der Waals surface area contributed by atoms with Gasteiger partial charge in [-0.25, -0.2) is 4.39 Å². The van der Waals surface area contributed by atoms with Gasteiger partial charge in [-0.3, -0.25) is 0 Å². The zero-order valence-electron chi connectivity index (χ0n) is 19.8. The van der Waals surface area contributed by atoms with Crippen LogP contribution in [0.2, 0.25) is 0 Å². The van der Waals surface area contributed by atoms with Crippen molar-refractivity contribution in [1.82, 2.24) is 0 Å². The Hall–Kier alpha value is -1.83. The third kappa shape index (κ3) is 7.09. The molecule has 3 rings (SSSR count). The fourth-order valence-electron chi connectivity index (χ4n) is 5.05. The van der Waals surface area contributed by atoms with Gasteiger partial charge in [0.25, 0.3) is 0 Å². The van der Waals surface area contributed by atoms with Crippen molar-refractivity contribution in [3.05, 3.63) is 53.8 Å². The Morgan fingerprint density at radius 3 is 2.23 bits per heavy atom. The normalized spacial score (nSPS) is 19.9. The Balaban J connectivity index is 1.56. The maximum Gasteiger partial charge on any atom is 0.165 e. The lowest BCUT2D eigenvalue weighted by Crippen LogP contribution is -2.13. The van der Waals surface area contributed by atoms with E-state index in [0.717, 1.165) is 29.9 Å². The van der Waals surface area contributed by atoms with E-state index in [-0.39, 0.29) is 11.9 Å². The molecule has 1 atom stereocenters. The molecule has 1 fully saturated rings. The predicted molar refractivity (Wildman–Crippen MR) is 130 cm³/mol. The average molecular weight is 425 g/mol. The van der Waals surface area contributed by atoms with Gasteiger partial charge in [-0.15, -0.1) is 0 Å². The molecule has 1 aliphatic carbocycles. The van der Waals surface area contributed by atoms with Crippen molar-refractivity contribution in [2.75, 3.05) is 0 Å². The lowest BCUT2D eigenvalue weighted by atomic mass is 9.77. The van der Waals surface area contributed by atoms with E-state index < -0.39 is 0 Å². The third-order valence-electron chi connectivity index (χ3n) is 6.98. The largest absolute Gasteiger partial charge is 0.488 e. The molecule has 0 bridgehead atoms. The van der Waals surface area contributed by atoms with Crippen LogP contribution in [0.5, 0.6) is 5.75 Å². The van der Waals surface area contributed by atoms with Crippen molar-refractivity contribution < 1.29 is 9.13 Å². The van der Waals surface area contributed by atoms with Gasteiger partial charge >= 0.3 is 0 Å². The summed E-state index contributed by atoms with van der Waals surface area (Å²) in [6, 6.07) is 14.2. The second-order valence-electron chi connectivity index (χ2n) is 9.55. The van der Waals surface area contributed by atoms with E-state index in [1.54, 1.807) is 12.1 Å². The van der Waals surface area contributed by atoms with Crippen molar-refractivity contribution >= 4 is 0 Å². The molecule has 2 aromatic carbocycles. The van der Waals surface area contributed by atoms with Gasteiger partial charge in [-0.1, -0.05) is 76.3 Å². The fraction of sp³-hybridized carbons (Fsp3) is 0.586. The second-order valence-corrected chi connectivity index (χ2v) is 9.55. The zero-order chi connectivity index (χ0) is 22.1. The zero-order valence-corrected chi connectivity index (χ0v) is 19.8. The molecular formula is C29H41FO. The maximum atomic E-state index is 14.7. The molecule has 2 heteroatoms. The molecule has 0 spiro atoms. The van der Waals surface area contributed by atoms with Gasteiger partial charge in [-0.2, -0.15) is 0 Å². The predicted octanol–water partition coefficient (Wildman–Crippen LogP) is 9.30. The standard InChI is InChI=1S/C29H41FO/c1-4-6-7-8-10-22(3)31-29-20-19-27(21-28(29)30)26-17-15-25(16-18-26)24-13-11-23(9-5-2)12-14-24/h15-24H,4-14H2,1-3H3/t22-,23?,24?/m1/s1. The molecule has 31 heavy (non-hydrogen) atoms. The van der Waals surface area contributed by atoms with Gasteiger partial charge < -0.3 is 4.74 Å². The van der Waals surface area contributed by atoms with Crippen molar-refractivity contribution in [2.45, 2.75) is 103 Å². The van der Waals surface area contributed by atoms with Crippen LogP contribution in [0.1, 0.15) is 103 Å². The molecule has 0 radical (unpaired) electrons. The van der Waals surface area contributed by atoms with Crippen LogP contribution < -0.4 is 4.74 Å². The second kappa shape index (κ2) is 12.3. The maximum absolute atomic E-state index is 14.7. The molecule has 0 heterocycles. The van der Waals surface area contributed by atoms with Crippen molar-refractivity contribution in [3.63, 3.8) is 0 Å². The first kappa shape index (κ1) is 23.8. The van der Waals surface area contributed by atoms with Crippen molar-refractivity contribution in [2.24, 2.45) is 5.92 Å². The van der Waals surface area contributed by atoms with E-state index in [9.17, 15) is 4.39 Å². The van der Waals surface area contributed by atoms with Crippen LogP contribution in [0.3, 0.4) is 0 Å². The molecule has 0 amide bonds. The lowest BCUT2D eigenvalue weighted by molar-refractivity contribution is 0.197. The van der Waals surface area contributed by atoms with E-state index in [4.69, 9.17) is 4.74 Å². The van der Waals surface area contributed by atoms with Crippen molar-refractivity contribution in [1.29, 1.82) is 0 Å². The van der Waals surface area contributed by atoms with Crippen LogP contribution >= 0.6 is 0 Å². The molecule has 1 nitrogen and oxygen atoms in total. The summed E-state index contributed by atoms with van der Waals surface area (Å²) in [7, 11) is 0. The van der Waals surface area contributed by atoms with Crippen LogP contribution in [0.15, 0.2) is 42.5 Å². The SMILES string of the molecule is CCCCCC[C@@H](C)Oc1ccc(-c2ccc(C3CCC(CCC)CC3)cc2)cc1F. The first-order valence-electron chi connectivity index (χ1n) is 12.7. The summed E-state index contributed by atoms with van der Waals surface area (Å²) < 4.78 is 20.5. The first-order valence-corrected chi connectivity index (χ1v) is 12.7. The minimum atomic E-state index is -0.267. The number of hydrogen-bond donors (Lipinski definition) is 0. The Morgan fingerprint density at radius 2 is 1.58 bits per heavy atom. The minimum Gasteiger partial charge on any atom is -0.488 e. The number of unbranched alkanes of at least 4 members (excludes halogenated alkanes) is 3. The quantitative estimate of drug-likeness (QED) is 0.326. The van der Waals surface area contributed by atoms with Crippen LogP contribution in [0.25, 0.3) is 11.1 Å². The molecule has 0 aliphatic heterocycles. The first-order chi connectivity index (χ1) is 15.1. The summed E-state index contributed by atoms with van der Waals surface area (Å²) in [6.45, 7) is 6.54. The minimum absolute atomic E-state index is 0.0453. The van der Waals surface area contributed by atoms with Gasteiger partial charge in [0.1, 0.15) is 0 Å². The smallest absolute Gasteiger partial charge is 0.165 e. The molecule has 0 aromatic heterocycles. The van der Waals surface area contributed by atoms with Crippen LogP contribution in [-0.4, -0.2) is 6.10 Å². The fourth-order valence-corrected chi connectivity index (χ4v) is 5.05. The third-order valence-corrected chi connectivity index (χ3v) is 6.98. The molecule has 1 aliphatic rings. The highest BCUT2D eigenvalue weighted by molar-refractivity contribution is 5.64. The summed E-state index contributed by atoms with van der Waals surface area (Å²) in [4.78, 5) is 0. The summed E-state index contributed by atoms with van der Waals surface area (Å²) in [5, 5.41) is 0. The van der Waals surface area contributed by atoms with E-state index in [1.807, 2.05) is 13.0 Å². The molecule has 170 valence electrons. The van der Waals surface area contributed by atoms with Crippen LogP contribution in [0.4, 0.5) is 4.39 Å². The Kier molecular flexibility index (Phi) is 9.43. The summed E-state index contributed by atoms with van der Waals surface area (Å²) in [5.74, 6) is 1.72. The average Bonchev–Trinajstić information content (AvgIpc) is 2.79. The Labute approximate surface area is 189 Å². The van der Waals surface area contributed by atoms with E-state index in [0.29, 0.717) is 11.7 Å². The lowest BCUT2D eigenvalue weighted by Gasteiger charge is -2.28. The van der Waals surface area contributed by atoms with Gasteiger partial charge in [0.05, 0.1) is 6.10 Å². The van der Waals surface area contributed by atoms with Gasteiger partial charge in [0.15, 0.2) is 11.6 Å².